The molecule has 0 radical (unpaired) electrons. The van der Waals surface area contributed by atoms with Crippen molar-refractivity contribution >= 4 is 18.2 Å². The van der Waals surface area contributed by atoms with Crippen molar-refractivity contribution in [3.8, 4) is 0 Å². The van der Waals surface area contributed by atoms with Crippen LogP contribution in [0.2, 0.25) is 0 Å². The average molecular weight is 293 g/mol. The van der Waals surface area contributed by atoms with Crippen molar-refractivity contribution in [1.29, 1.82) is 0 Å². The van der Waals surface area contributed by atoms with E-state index in [1.807, 2.05) is 6.07 Å². The van der Waals surface area contributed by atoms with Crippen molar-refractivity contribution in [2.75, 3.05) is 18.5 Å². The monoisotopic (exact) mass is 293 g/mol. The number of hydrogen-bond acceptors (Lipinski definition) is 5. The Morgan fingerprint density at radius 2 is 2.19 bits per heavy atom. The van der Waals surface area contributed by atoms with Crippen LogP contribution in [0.1, 0.15) is 37.3 Å². The first-order valence-corrected chi connectivity index (χ1v) is 7.29. The Morgan fingerprint density at radius 3 is 2.90 bits per heavy atom. The highest BCUT2D eigenvalue weighted by Crippen LogP contribution is 2.38. The van der Waals surface area contributed by atoms with Crippen molar-refractivity contribution in [2.45, 2.75) is 37.7 Å². The minimum absolute atomic E-state index is 0.00660. The third-order valence-corrected chi connectivity index (χ3v) is 4.22. The summed E-state index contributed by atoms with van der Waals surface area (Å²) < 4.78 is 10.1. The molecule has 1 saturated heterocycles. The van der Waals surface area contributed by atoms with Crippen LogP contribution in [-0.2, 0) is 19.1 Å². The third kappa shape index (κ3) is 3.24. The predicted octanol–water partition coefficient (Wildman–Crippen LogP) is 1.19. The number of nitrogens with zero attached hydrogens (tertiary/aromatic N) is 1. The molecule has 2 heterocycles. The molecule has 2 fully saturated rings. The predicted molar refractivity (Wildman–Crippen MR) is 73.7 cm³/mol. The molecule has 1 aromatic rings. The Kier molecular flexibility index (Phi) is 4.19. The van der Waals surface area contributed by atoms with Crippen molar-refractivity contribution in [3.05, 3.63) is 11.8 Å². The van der Waals surface area contributed by atoms with Gasteiger partial charge >= 0.3 is 0 Å². The fourth-order valence-electron chi connectivity index (χ4n) is 2.81. The molecule has 0 spiro atoms. The van der Waals surface area contributed by atoms with Gasteiger partial charge in [0, 0.05) is 36.8 Å². The van der Waals surface area contributed by atoms with Crippen LogP contribution in [0.15, 0.2) is 6.07 Å². The van der Waals surface area contributed by atoms with Gasteiger partial charge in [0.05, 0.1) is 0 Å². The van der Waals surface area contributed by atoms with Crippen LogP contribution in [0.4, 0.5) is 5.82 Å². The lowest BCUT2D eigenvalue weighted by atomic mass is 9.80. The number of anilines is 1. The molecule has 2 aliphatic rings. The van der Waals surface area contributed by atoms with E-state index in [2.05, 4.69) is 15.5 Å². The Hall–Kier alpha value is -1.89. The van der Waals surface area contributed by atoms with Crippen LogP contribution < -0.4 is 5.32 Å². The van der Waals surface area contributed by atoms with Crippen LogP contribution in [0, 0.1) is 5.92 Å². The quantitative estimate of drug-likeness (QED) is 0.795. The van der Waals surface area contributed by atoms with Gasteiger partial charge in [-0.2, -0.15) is 5.10 Å². The number of carbonyl (C=O) groups is 2. The van der Waals surface area contributed by atoms with Crippen LogP contribution in [-0.4, -0.2) is 41.9 Å². The smallest absolute Gasteiger partial charge is 0.293 e. The summed E-state index contributed by atoms with van der Waals surface area (Å²) in [5.74, 6) is 0.887. The number of aromatic amines is 1. The summed E-state index contributed by atoms with van der Waals surface area (Å²) in [5, 5.41) is 9.92. The number of ether oxygens (including phenoxy) is 2. The summed E-state index contributed by atoms with van der Waals surface area (Å²) in [6.07, 6.45) is 3.13. The number of rotatable bonds is 5. The second kappa shape index (κ2) is 6.26. The Bertz CT molecular complexity index is 504. The van der Waals surface area contributed by atoms with Crippen LogP contribution in [0.5, 0.6) is 0 Å². The molecule has 21 heavy (non-hydrogen) atoms. The summed E-state index contributed by atoms with van der Waals surface area (Å²) in [6, 6.07) is 1.86. The second-order valence-corrected chi connectivity index (χ2v) is 5.61. The van der Waals surface area contributed by atoms with Gasteiger partial charge in [0.2, 0.25) is 5.91 Å². The summed E-state index contributed by atoms with van der Waals surface area (Å²) in [7, 11) is 0. The average Bonchev–Trinajstić information content (AvgIpc) is 2.91. The molecule has 3 rings (SSSR count). The number of nitrogens with one attached hydrogen (secondary N) is 2. The lowest BCUT2D eigenvalue weighted by Crippen LogP contribution is -2.29. The van der Waals surface area contributed by atoms with Crippen molar-refractivity contribution in [2.24, 2.45) is 5.92 Å². The first-order valence-electron chi connectivity index (χ1n) is 7.29. The van der Waals surface area contributed by atoms with Gasteiger partial charge in [-0.05, 0) is 25.7 Å². The highest BCUT2D eigenvalue weighted by atomic mass is 16.5. The maximum absolute atomic E-state index is 12.1. The highest BCUT2D eigenvalue weighted by molar-refractivity contribution is 5.91. The molecule has 0 atom stereocenters. The van der Waals surface area contributed by atoms with Gasteiger partial charge in [-0.25, -0.2) is 0 Å². The lowest BCUT2D eigenvalue weighted by Gasteiger charge is -2.32. The molecule has 1 aliphatic heterocycles. The number of H-pyrrole nitrogens is 1. The van der Waals surface area contributed by atoms with E-state index < -0.39 is 0 Å². The van der Waals surface area contributed by atoms with E-state index in [-0.39, 0.29) is 17.9 Å². The lowest BCUT2D eigenvalue weighted by molar-refractivity contribution is -0.138. The second-order valence-electron chi connectivity index (χ2n) is 5.61. The first-order chi connectivity index (χ1) is 10.3. The zero-order chi connectivity index (χ0) is 14.7. The zero-order valence-electron chi connectivity index (χ0n) is 11.7. The highest BCUT2D eigenvalue weighted by Gasteiger charge is 2.33. The molecule has 0 aromatic carbocycles. The van der Waals surface area contributed by atoms with E-state index in [4.69, 9.17) is 9.47 Å². The van der Waals surface area contributed by atoms with Gasteiger partial charge < -0.3 is 14.8 Å². The first kappa shape index (κ1) is 14.1. The zero-order valence-corrected chi connectivity index (χ0v) is 11.7. The van der Waals surface area contributed by atoms with Crippen LogP contribution in [0.25, 0.3) is 0 Å². The molecular weight excluding hydrogens is 274 g/mol. The molecule has 114 valence electrons. The van der Waals surface area contributed by atoms with E-state index in [1.54, 1.807) is 0 Å². The molecular formula is C14H19N3O4. The summed E-state index contributed by atoms with van der Waals surface area (Å²) >= 11 is 0. The molecule has 0 bridgehead atoms. The van der Waals surface area contributed by atoms with Gasteiger partial charge in [-0.15, -0.1) is 0 Å². The van der Waals surface area contributed by atoms with E-state index in [1.165, 1.54) is 0 Å². The maximum Gasteiger partial charge on any atom is 0.293 e. The number of carbonyl (C=O) groups excluding carboxylic acids is 2. The van der Waals surface area contributed by atoms with E-state index in [0.29, 0.717) is 31.4 Å². The van der Waals surface area contributed by atoms with E-state index in [9.17, 15) is 9.59 Å². The summed E-state index contributed by atoms with van der Waals surface area (Å²) in [6.45, 7) is 1.78. The van der Waals surface area contributed by atoms with Crippen LogP contribution >= 0.6 is 0 Å². The number of aromatic nitrogens is 2. The molecule has 1 aliphatic carbocycles. The topological polar surface area (TPSA) is 93.3 Å². The molecule has 7 nitrogen and oxygen atoms in total. The fourth-order valence-corrected chi connectivity index (χ4v) is 2.81. The van der Waals surface area contributed by atoms with E-state index >= 15 is 0 Å². The molecule has 2 N–H and O–H groups in total. The molecule has 7 heteroatoms. The normalized spacial score (nSPS) is 25.9. The third-order valence-electron chi connectivity index (χ3n) is 4.22. The molecule has 1 amide bonds. The number of amides is 1. The van der Waals surface area contributed by atoms with Gasteiger partial charge in [0.15, 0.2) is 5.82 Å². The van der Waals surface area contributed by atoms with Crippen molar-refractivity contribution in [1.82, 2.24) is 10.2 Å². The molecule has 0 unspecified atom stereocenters. The Labute approximate surface area is 122 Å². The van der Waals surface area contributed by atoms with Gasteiger partial charge in [-0.3, -0.25) is 14.7 Å². The van der Waals surface area contributed by atoms with Crippen molar-refractivity contribution < 1.29 is 19.1 Å². The van der Waals surface area contributed by atoms with Crippen LogP contribution in [0.3, 0.4) is 0 Å². The Balaban J connectivity index is 1.51. The largest absolute Gasteiger partial charge is 0.465 e. The Morgan fingerprint density at radius 1 is 1.43 bits per heavy atom. The van der Waals surface area contributed by atoms with Gasteiger partial charge in [-0.1, -0.05) is 0 Å². The molecule has 1 aromatic heterocycles. The summed E-state index contributed by atoms with van der Waals surface area (Å²) in [5.41, 5.74) is 0.975. The maximum atomic E-state index is 12.1. The standard InChI is InChI=1S/C14H19N3O4/c18-8-21-11-5-10(6-11)12-7-13(17-16-12)15-14(19)9-1-3-20-4-2-9/h7-11H,1-6H2,(H2,15,16,17,19). The summed E-state index contributed by atoms with van der Waals surface area (Å²) in [4.78, 5) is 22.3. The number of hydrogen-bond donors (Lipinski definition) is 2. The molecule has 1 saturated carbocycles. The van der Waals surface area contributed by atoms with E-state index in [0.717, 1.165) is 31.4 Å². The SMILES string of the molecule is O=COC1CC(c2cc(NC(=O)C3CCOCC3)n[nH]2)C1. The van der Waals surface area contributed by atoms with Crippen molar-refractivity contribution in [3.63, 3.8) is 0 Å². The van der Waals surface area contributed by atoms with Gasteiger partial charge in [0.25, 0.3) is 6.47 Å². The minimum Gasteiger partial charge on any atom is -0.465 e. The minimum atomic E-state index is 0.00660. The fraction of sp³-hybridized carbons (Fsp3) is 0.643. The van der Waals surface area contributed by atoms with Gasteiger partial charge in [0.1, 0.15) is 6.10 Å².